The van der Waals surface area contributed by atoms with Crippen LogP contribution >= 0.6 is 11.6 Å². The first-order valence-electron chi connectivity index (χ1n) is 3.84. The summed E-state index contributed by atoms with van der Waals surface area (Å²) < 4.78 is 43.9. The molecule has 9 heteroatoms. The lowest BCUT2D eigenvalue weighted by molar-refractivity contribution is 0.368. The molecule has 0 heterocycles. The number of nitrogens with zero attached hydrogens (tertiary/aromatic N) is 2. The number of benzene rings is 1. The molecule has 3 nitrogen and oxygen atoms in total. The van der Waals surface area contributed by atoms with E-state index in [-0.39, 0.29) is 0 Å². The zero-order valence-electron chi connectivity index (χ0n) is 8.00. The maximum atomic E-state index is 9.75. The molecule has 88 valence electrons. The van der Waals surface area contributed by atoms with E-state index < -0.39 is 7.25 Å². The van der Waals surface area contributed by atoms with Crippen molar-refractivity contribution in [1.82, 2.24) is 0 Å². The maximum absolute atomic E-state index is 9.75. The summed E-state index contributed by atoms with van der Waals surface area (Å²) in [6, 6.07) is 4.75. The molecule has 0 spiro atoms. The van der Waals surface area contributed by atoms with Gasteiger partial charge in [0, 0.05) is 6.07 Å². The molecule has 0 saturated carbocycles. The van der Waals surface area contributed by atoms with Crippen molar-refractivity contribution in [3.63, 3.8) is 0 Å². The van der Waals surface area contributed by atoms with E-state index in [2.05, 4.69) is 4.98 Å². The Kier molecular flexibility index (Phi) is 5.60. The minimum Gasteiger partial charge on any atom is -0.495 e. The van der Waals surface area contributed by atoms with Crippen molar-refractivity contribution >= 4 is 24.5 Å². The molecule has 0 amide bonds. The summed E-state index contributed by atoms with van der Waals surface area (Å²) in [6.07, 6.45) is 0. The van der Waals surface area contributed by atoms with Crippen LogP contribution in [0.2, 0.25) is 5.02 Å². The van der Waals surface area contributed by atoms with Gasteiger partial charge in [0.25, 0.3) is 0 Å². The van der Waals surface area contributed by atoms with Crippen LogP contribution in [0, 0.1) is 5.39 Å². The van der Waals surface area contributed by atoms with Gasteiger partial charge in [-0.05, 0) is 6.07 Å². The van der Waals surface area contributed by atoms with E-state index in [0.717, 1.165) is 0 Å². The van der Waals surface area contributed by atoms with Crippen molar-refractivity contribution in [2.75, 3.05) is 7.11 Å². The van der Waals surface area contributed by atoms with Crippen LogP contribution in [0.1, 0.15) is 0 Å². The molecule has 1 rings (SSSR count). The monoisotopic (exact) mass is 256 g/mol. The number of rotatable bonds is 1. The van der Waals surface area contributed by atoms with Gasteiger partial charge in [0.2, 0.25) is 5.39 Å². The molecule has 0 radical (unpaired) electrons. The second-order valence-electron chi connectivity index (χ2n) is 2.41. The number of hydrogen-bond acceptors (Lipinski definition) is 2. The summed E-state index contributed by atoms with van der Waals surface area (Å²) in [5.41, 5.74) is 0.413. The second-order valence-corrected chi connectivity index (χ2v) is 2.82. The van der Waals surface area contributed by atoms with Crippen LogP contribution in [0.4, 0.5) is 23.0 Å². The van der Waals surface area contributed by atoms with Crippen LogP contribution in [0.5, 0.6) is 5.75 Å². The summed E-state index contributed by atoms with van der Waals surface area (Å²) in [5, 5.41) is 8.78. The first kappa shape index (κ1) is 14.5. The predicted octanol–water partition coefficient (Wildman–Crippen LogP) is 4.13. The van der Waals surface area contributed by atoms with Crippen molar-refractivity contribution < 1.29 is 22.0 Å². The lowest BCUT2D eigenvalue weighted by Gasteiger charge is -1.97. The smallest absolute Gasteiger partial charge is 0.495 e. The van der Waals surface area contributed by atoms with Crippen molar-refractivity contribution in [3.05, 3.63) is 28.2 Å². The Morgan fingerprint density at radius 2 is 1.81 bits per heavy atom. The SMILES string of the molecule is COc1ccc([N+]#N)cc1Cl.F[B-](F)(F)F. The van der Waals surface area contributed by atoms with Gasteiger partial charge in [0.1, 0.15) is 5.75 Å². The molecule has 16 heavy (non-hydrogen) atoms. The number of halogens is 5. The summed E-state index contributed by atoms with van der Waals surface area (Å²) in [6.45, 7) is 0. The molecule has 0 aliphatic carbocycles. The Hall–Kier alpha value is -1.49. The zero-order chi connectivity index (χ0) is 12.8. The summed E-state index contributed by atoms with van der Waals surface area (Å²) in [7, 11) is -4.48. The van der Waals surface area contributed by atoms with E-state index in [4.69, 9.17) is 21.7 Å². The molecule has 0 aliphatic heterocycles. The molecule has 0 atom stereocenters. The zero-order valence-corrected chi connectivity index (χ0v) is 8.76. The van der Waals surface area contributed by atoms with Gasteiger partial charge < -0.3 is 22.0 Å². The van der Waals surface area contributed by atoms with E-state index in [1.54, 1.807) is 12.1 Å². The van der Waals surface area contributed by atoms with Gasteiger partial charge in [0.05, 0.1) is 18.2 Å². The lowest BCUT2D eigenvalue weighted by atomic mass is 10.3. The quantitative estimate of drug-likeness (QED) is 0.430. The molecule has 0 unspecified atom stereocenters. The molecular weight excluding hydrogens is 250 g/mol. The first-order chi connectivity index (χ1) is 7.27. The van der Waals surface area contributed by atoms with Gasteiger partial charge in [0.15, 0.2) is 4.98 Å². The molecule has 1 aromatic rings. The first-order valence-corrected chi connectivity index (χ1v) is 4.21. The molecular formula is C7H6BClF4N2O. The van der Waals surface area contributed by atoms with Crippen LogP contribution in [0.25, 0.3) is 4.98 Å². The number of ether oxygens (including phenoxy) is 1. The van der Waals surface area contributed by atoms with Gasteiger partial charge in [-0.3, -0.25) is 0 Å². The minimum atomic E-state index is -6.00. The van der Waals surface area contributed by atoms with E-state index in [1.807, 2.05) is 0 Å². The fourth-order valence-corrected chi connectivity index (χ4v) is 0.969. The van der Waals surface area contributed by atoms with E-state index in [1.165, 1.54) is 13.2 Å². The van der Waals surface area contributed by atoms with Gasteiger partial charge in [-0.2, -0.15) is 0 Å². The van der Waals surface area contributed by atoms with Gasteiger partial charge in [-0.1, -0.05) is 11.6 Å². The molecule has 0 bridgehead atoms. The normalized spacial score (nSPS) is 9.81. The van der Waals surface area contributed by atoms with Crippen LogP contribution in [0.15, 0.2) is 18.2 Å². The highest BCUT2D eigenvalue weighted by atomic mass is 35.5. The topological polar surface area (TPSA) is 37.4 Å². The molecule has 0 saturated heterocycles. The Morgan fingerprint density at radius 3 is 2.12 bits per heavy atom. The van der Waals surface area contributed by atoms with Crippen molar-refractivity contribution in [2.24, 2.45) is 0 Å². The summed E-state index contributed by atoms with van der Waals surface area (Å²) in [4.78, 5) is 2.97. The van der Waals surface area contributed by atoms with Gasteiger partial charge >= 0.3 is 12.9 Å². The number of methoxy groups -OCH3 is 1. The molecule has 0 aliphatic rings. The van der Waals surface area contributed by atoms with E-state index in [0.29, 0.717) is 16.5 Å². The fraction of sp³-hybridized carbons (Fsp3) is 0.143. The van der Waals surface area contributed by atoms with Gasteiger partial charge in [-0.25, -0.2) is 0 Å². The van der Waals surface area contributed by atoms with Crippen molar-refractivity contribution in [1.29, 1.82) is 5.39 Å². The Bertz CT molecular complexity index is 387. The molecule has 0 aromatic heterocycles. The fourth-order valence-electron chi connectivity index (χ4n) is 0.717. The average Bonchev–Trinajstić information content (AvgIpc) is 2.15. The largest absolute Gasteiger partial charge is 0.673 e. The Balaban J connectivity index is 0.000000385. The number of hydrogen-bond donors (Lipinski definition) is 0. The molecule has 1 aromatic carbocycles. The van der Waals surface area contributed by atoms with Crippen molar-refractivity contribution in [2.45, 2.75) is 0 Å². The van der Waals surface area contributed by atoms with E-state index >= 15 is 0 Å². The van der Waals surface area contributed by atoms with Crippen LogP contribution in [-0.2, 0) is 0 Å². The standard InChI is InChI=1S/C7H6ClN2O.BF4/c1-11-7-3-2-5(10-9)4-6(7)8;2-1(3,4)5/h2-4H,1H3;/q+1;-1. The molecule has 0 fully saturated rings. The Labute approximate surface area is 93.7 Å². The Morgan fingerprint density at radius 1 is 1.31 bits per heavy atom. The van der Waals surface area contributed by atoms with E-state index in [9.17, 15) is 17.3 Å². The summed E-state index contributed by atoms with van der Waals surface area (Å²) in [5.74, 6) is 0.569. The average molecular weight is 256 g/mol. The van der Waals surface area contributed by atoms with Gasteiger partial charge in [-0.15, -0.1) is 0 Å². The van der Waals surface area contributed by atoms with Crippen LogP contribution < -0.4 is 4.74 Å². The highest BCUT2D eigenvalue weighted by molar-refractivity contribution is 6.50. The third kappa shape index (κ3) is 6.89. The maximum Gasteiger partial charge on any atom is 0.673 e. The minimum absolute atomic E-state index is 0.413. The highest BCUT2D eigenvalue weighted by Gasteiger charge is 2.20. The van der Waals surface area contributed by atoms with Crippen LogP contribution in [-0.4, -0.2) is 14.4 Å². The second kappa shape index (κ2) is 6.17. The summed E-state index contributed by atoms with van der Waals surface area (Å²) >= 11 is 5.71. The highest BCUT2D eigenvalue weighted by Crippen LogP contribution is 2.28. The molecule has 0 N–H and O–H groups in total. The third-order valence-corrected chi connectivity index (χ3v) is 1.55. The van der Waals surface area contributed by atoms with Crippen LogP contribution in [0.3, 0.4) is 0 Å². The number of diazo groups is 1. The lowest BCUT2D eigenvalue weighted by Crippen LogP contribution is -2.02. The predicted molar refractivity (Wildman–Crippen MR) is 52.9 cm³/mol. The van der Waals surface area contributed by atoms with Crippen molar-refractivity contribution in [3.8, 4) is 5.75 Å². The third-order valence-electron chi connectivity index (χ3n) is 1.25.